The van der Waals surface area contributed by atoms with Crippen LogP contribution in [0.2, 0.25) is 0 Å². The predicted octanol–water partition coefficient (Wildman–Crippen LogP) is 9.73. The molecule has 0 aromatic heterocycles. The van der Waals surface area contributed by atoms with E-state index < -0.39 is 0 Å². The molecule has 0 aromatic carbocycles. The Kier molecular flexibility index (Phi) is 23.9. The molecule has 0 unspecified atom stereocenters. The van der Waals surface area contributed by atoms with E-state index in [1.165, 1.54) is 116 Å². The van der Waals surface area contributed by atoms with E-state index in [4.69, 9.17) is 0 Å². The van der Waals surface area contributed by atoms with Crippen molar-refractivity contribution in [1.82, 2.24) is 0 Å². The van der Waals surface area contributed by atoms with Gasteiger partial charge in [-0.25, -0.2) is 0 Å². The van der Waals surface area contributed by atoms with Crippen LogP contribution >= 0.6 is 0 Å². The maximum Gasteiger partial charge on any atom is 0.132 e. The van der Waals surface area contributed by atoms with Gasteiger partial charge in [0, 0.05) is 12.8 Å². The first kappa shape index (κ1) is 27.4. The van der Waals surface area contributed by atoms with Gasteiger partial charge < -0.3 is 0 Å². The Bertz CT molecular complexity index is 331. The molecule has 0 aliphatic rings. The van der Waals surface area contributed by atoms with Crippen LogP contribution in [0.25, 0.3) is 0 Å². The third kappa shape index (κ3) is 23.4. The van der Waals surface area contributed by atoms with Crippen molar-refractivity contribution < 1.29 is 4.79 Å². The van der Waals surface area contributed by atoms with Gasteiger partial charge in [0.25, 0.3) is 0 Å². The summed E-state index contributed by atoms with van der Waals surface area (Å²) < 4.78 is 0. The molecule has 0 spiro atoms. The number of allylic oxidation sites excluding steroid dienone is 2. The van der Waals surface area contributed by atoms with Gasteiger partial charge in [-0.15, -0.1) is 0 Å². The van der Waals surface area contributed by atoms with Crippen LogP contribution in [0.1, 0.15) is 155 Å². The first-order valence-corrected chi connectivity index (χ1v) is 13.0. The molecule has 0 N–H and O–H groups in total. The first-order chi connectivity index (χ1) is 13.8. The van der Waals surface area contributed by atoms with E-state index >= 15 is 0 Å². The molecule has 0 heterocycles. The summed E-state index contributed by atoms with van der Waals surface area (Å²) in [6.07, 6.45) is 32.7. The molecule has 0 saturated heterocycles. The zero-order valence-corrected chi connectivity index (χ0v) is 19.6. The van der Waals surface area contributed by atoms with Crippen LogP contribution in [0.3, 0.4) is 0 Å². The number of ketones is 1. The van der Waals surface area contributed by atoms with Gasteiger partial charge in [-0.2, -0.15) is 0 Å². The minimum Gasteiger partial charge on any atom is -0.300 e. The second kappa shape index (κ2) is 24.4. The Labute approximate surface area is 178 Å². The molecule has 0 aliphatic carbocycles. The van der Waals surface area contributed by atoms with E-state index in [2.05, 4.69) is 26.0 Å². The highest BCUT2D eigenvalue weighted by Gasteiger charge is 2.01. The largest absolute Gasteiger partial charge is 0.300 e. The van der Waals surface area contributed by atoms with Gasteiger partial charge >= 0.3 is 0 Å². The Hall–Kier alpha value is -0.590. The molecule has 28 heavy (non-hydrogen) atoms. The highest BCUT2D eigenvalue weighted by atomic mass is 16.1. The number of unbranched alkanes of at least 4 members (excludes halogenated alkanes) is 17. The lowest BCUT2D eigenvalue weighted by atomic mass is 10.0. The molecule has 1 heteroatoms. The number of Topliss-reactive ketones (excluding diaryl/α,β-unsaturated/α-hetero) is 1. The lowest BCUT2D eigenvalue weighted by Crippen LogP contribution is -1.97. The Morgan fingerprint density at radius 3 is 1.18 bits per heavy atom. The van der Waals surface area contributed by atoms with Crippen molar-refractivity contribution in [1.29, 1.82) is 0 Å². The van der Waals surface area contributed by atoms with Crippen LogP contribution in [-0.4, -0.2) is 5.78 Å². The number of hydrogen-bond acceptors (Lipinski definition) is 1. The fraction of sp³-hybridized carbons (Fsp3) is 0.889. The van der Waals surface area contributed by atoms with Crippen LogP contribution in [0.5, 0.6) is 0 Å². The summed E-state index contributed by atoms with van der Waals surface area (Å²) >= 11 is 0. The number of rotatable bonds is 23. The van der Waals surface area contributed by atoms with Crippen LogP contribution in [0.15, 0.2) is 12.2 Å². The molecular formula is C27H52O. The monoisotopic (exact) mass is 392 g/mol. The molecule has 0 aliphatic heterocycles. The Morgan fingerprint density at radius 1 is 0.464 bits per heavy atom. The fourth-order valence-electron chi connectivity index (χ4n) is 3.80. The molecule has 0 aromatic rings. The van der Waals surface area contributed by atoms with E-state index in [9.17, 15) is 4.79 Å². The van der Waals surface area contributed by atoms with Crippen molar-refractivity contribution in [2.24, 2.45) is 0 Å². The number of hydrogen-bond donors (Lipinski definition) is 0. The van der Waals surface area contributed by atoms with E-state index in [0.29, 0.717) is 5.78 Å². The molecule has 0 rings (SSSR count). The predicted molar refractivity (Wildman–Crippen MR) is 127 cm³/mol. The molecule has 0 radical (unpaired) electrons. The summed E-state index contributed by atoms with van der Waals surface area (Å²) in [6.45, 7) is 4.54. The van der Waals surface area contributed by atoms with Crippen molar-refractivity contribution >= 4 is 5.78 Å². The number of carbonyl (C=O) groups is 1. The second-order valence-corrected chi connectivity index (χ2v) is 8.74. The average molecular weight is 393 g/mol. The van der Waals surface area contributed by atoms with Gasteiger partial charge in [-0.3, -0.25) is 4.79 Å². The van der Waals surface area contributed by atoms with Crippen molar-refractivity contribution in [3.8, 4) is 0 Å². The van der Waals surface area contributed by atoms with E-state index in [-0.39, 0.29) is 0 Å². The summed E-state index contributed by atoms with van der Waals surface area (Å²) in [6, 6.07) is 0. The third-order valence-corrected chi connectivity index (χ3v) is 5.78. The van der Waals surface area contributed by atoms with Gasteiger partial charge in [0.1, 0.15) is 5.78 Å². The quantitative estimate of drug-likeness (QED) is 0.125. The Balaban J connectivity index is 3.19. The van der Waals surface area contributed by atoms with Crippen LogP contribution in [-0.2, 0) is 4.79 Å². The number of carbonyl (C=O) groups excluding carboxylic acids is 1. The van der Waals surface area contributed by atoms with E-state index in [1.54, 1.807) is 0 Å². The van der Waals surface area contributed by atoms with Crippen LogP contribution in [0.4, 0.5) is 0 Å². The van der Waals surface area contributed by atoms with Crippen molar-refractivity contribution in [2.45, 2.75) is 155 Å². The topological polar surface area (TPSA) is 17.1 Å². The highest BCUT2D eigenvalue weighted by molar-refractivity contribution is 5.78. The minimum atomic E-state index is 0.506. The smallest absolute Gasteiger partial charge is 0.132 e. The molecule has 1 nitrogen and oxygen atoms in total. The maximum absolute atomic E-state index is 11.9. The zero-order chi connectivity index (χ0) is 20.5. The SMILES string of the molecule is CCCCCCCC/C=C\CCCCCCCC(=O)CCCCCCCCC. The van der Waals surface area contributed by atoms with Gasteiger partial charge in [0.05, 0.1) is 0 Å². The lowest BCUT2D eigenvalue weighted by molar-refractivity contribution is -0.119. The minimum absolute atomic E-state index is 0.506. The summed E-state index contributed by atoms with van der Waals surface area (Å²) in [5, 5.41) is 0. The molecule has 166 valence electrons. The van der Waals surface area contributed by atoms with Gasteiger partial charge in [-0.1, -0.05) is 116 Å². The third-order valence-electron chi connectivity index (χ3n) is 5.78. The summed E-state index contributed by atoms with van der Waals surface area (Å²) in [7, 11) is 0. The lowest BCUT2D eigenvalue weighted by Gasteiger charge is -2.03. The van der Waals surface area contributed by atoms with E-state index in [1.807, 2.05) is 0 Å². The van der Waals surface area contributed by atoms with Crippen LogP contribution in [0, 0.1) is 0 Å². The van der Waals surface area contributed by atoms with Crippen LogP contribution < -0.4 is 0 Å². The van der Waals surface area contributed by atoms with Crippen molar-refractivity contribution in [3.63, 3.8) is 0 Å². The van der Waals surface area contributed by atoms with E-state index in [0.717, 1.165) is 25.7 Å². The molecule has 0 saturated carbocycles. The molecule has 0 amide bonds. The fourth-order valence-corrected chi connectivity index (χ4v) is 3.80. The first-order valence-electron chi connectivity index (χ1n) is 13.0. The summed E-state index contributed by atoms with van der Waals surface area (Å²) in [4.78, 5) is 11.9. The Morgan fingerprint density at radius 2 is 0.786 bits per heavy atom. The van der Waals surface area contributed by atoms with Gasteiger partial charge in [0.2, 0.25) is 0 Å². The van der Waals surface area contributed by atoms with Gasteiger partial charge in [-0.05, 0) is 38.5 Å². The summed E-state index contributed by atoms with van der Waals surface area (Å²) in [5.41, 5.74) is 0. The molecule has 0 bridgehead atoms. The molecule has 0 fully saturated rings. The second-order valence-electron chi connectivity index (χ2n) is 8.74. The highest BCUT2D eigenvalue weighted by Crippen LogP contribution is 2.12. The maximum atomic E-state index is 11.9. The average Bonchev–Trinajstić information content (AvgIpc) is 2.70. The standard InChI is InChI=1S/C27H52O/c1-3-5-7-9-11-12-13-14-15-16-17-18-20-22-24-26-27(28)25-23-21-19-10-8-6-4-2/h14-15H,3-13,16-26H2,1-2H3/b15-14-. The van der Waals surface area contributed by atoms with Crippen molar-refractivity contribution in [3.05, 3.63) is 12.2 Å². The normalized spacial score (nSPS) is 11.5. The molecular weight excluding hydrogens is 340 g/mol. The summed E-state index contributed by atoms with van der Waals surface area (Å²) in [5.74, 6) is 0.506. The van der Waals surface area contributed by atoms with Gasteiger partial charge in [0.15, 0.2) is 0 Å². The zero-order valence-electron chi connectivity index (χ0n) is 19.6. The van der Waals surface area contributed by atoms with Crippen molar-refractivity contribution in [2.75, 3.05) is 0 Å². The molecule has 0 atom stereocenters.